The molecule has 3 N–H and O–H groups in total. The van der Waals surface area contributed by atoms with Crippen molar-refractivity contribution in [1.82, 2.24) is 5.32 Å². The van der Waals surface area contributed by atoms with Gasteiger partial charge in [0.1, 0.15) is 0 Å². The molecule has 0 aromatic rings. The Labute approximate surface area is 90.5 Å². The lowest BCUT2D eigenvalue weighted by atomic mass is 9.95. The molecule has 0 heterocycles. The molecule has 15 heavy (non-hydrogen) atoms. The number of nitrogens with one attached hydrogen (secondary N) is 1. The first-order chi connectivity index (χ1) is 7.16. The SMILES string of the molecule is CNC1(C(N)=O)CCC(OC2CCC2)C1. The van der Waals surface area contributed by atoms with E-state index in [0.29, 0.717) is 6.10 Å². The fourth-order valence-electron chi connectivity index (χ4n) is 2.47. The van der Waals surface area contributed by atoms with E-state index in [1.54, 1.807) is 7.05 Å². The molecule has 0 saturated heterocycles. The van der Waals surface area contributed by atoms with Gasteiger partial charge in [0.2, 0.25) is 5.91 Å². The molecule has 4 nitrogen and oxygen atoms in total. The minimum atomic E-state index is -0.519. The molecule has 86 valence electrons. The first-order valence-corrected chi connectivity index (χ1v) is 5.80. The molecule has 2 atom stereocenters. The number of amides is 1. The van der Waals surface area contributed by atoms with Crippen molar-refractivity contribution in [2.45, 2.75) is 56.3 Å². The molecule has 0 bridgehead atoms. The zero-order valence-electron chi connectivity index (χ0n) is 9.29. The van der Waals surface area contributed by atoms with Crippen molar-refractivity contribution in [2.24, 2.45) is 5.73 Å². The molecular weight excluding hydrogens is 192 g/mol. The Balaban J connectivity index is 1.89. The second kappa shape index (κ2) is 4.10. The van der Waals surface area contributed by atoms with Gasteiger partial charge in [0.15, 0.2) is 0 Å². The van der Waals surface area contributed by atoms with Crippen molar-refractivity contribution >= 4 is 5.91 Å². The van der Waals surface area contributed by atoms with Crippen molar-refractivity contribution < 1.29 is 9.53 Å². The van der Waals surface area contributed by atoms with E-state index in [4.69, 9.17) is 10.5 Å². The molecule has 2 saturated carbocycles. The largest absolute Gasteiger partial charge is 0.375 e. The quantitative estimate of drug-likeness (QED) is 0.715. The van der Waals surface area contributed by atoms with Crippen molar-refractivity contribution in [1.29, 1.82) is 0 Å². The van der Waals surface area contributed by atoms with Gasteiger partial charge in [-0.3, -0.25) is 4.79 Å². The average Bonchev–Trinajstić information content (AvgIpc) is 2.56. The fraction of sp³-hybridized carbons (Fsp3) is 0.909. The summed E-state index contributed by atoms with van der Waals surface area (Å²) >= 11 is 0. The molecule has 2 aliphatic rings. The van der Waals surface area contributed by atoms with Crippen LogP contribution in [-0.4, -0.2) is 30.7 Å². The lowest BCUT2D eigenvalue weighted by Crippen LogP contribution is -2.52. The highest BCUT2D eigenvalue weighted by Crippen LogP contribution is 2.34. The van der Waals surface area contributed by atoms with Crippen LogP contribution in [-0.2, 0) is 9.53 Å². The number of carbonyl (C=O) groups excluding carboxylic acids is 1. The molecule has 2 aliphatic carbocycles. The summed E-state index contributed by atoms with van der Waals surface area (Å²) in [5, 5.41) is 3.06. The van der Waals surface area contributed by atoms with E-state index in [1.807, 2.05) is 0 Å². The molecule has 0 aromatic carbocycles. The van der Waals surface area contributed by atoms with Gasteiger partial charge in [0, 0.05) is 6.42 Å². The summed E-state index contributed by atoms with van der Waals surface area (Å²) in [5.74, 6) is -0.246. The topological polar surface area (TPSA) is 64.3 Å². The number of likely N-dealkylation sites (N-methyl/N-ethyl adjacent to an activating group) is 1. The molecule has 1 amide bonds. The number of rotatable bonds is 4. The van der Waals surface area contributed by atoms with E-state index < -0.39 is 5.54 Å². The van der Waals surface area contributed by atoms with Gasteiger partial charge in [-0.15, -0.1) is 0 Å². The first kappa shape index (κ1) is 10.9. The van der Waals surface area contributed by atoms with Gasteiger partial charge in [-0.2, -0.15) is 0 Å². The van der Waals surface area contributed by atoms with Crippen molar-refractivity contribution in [3.05, 3.63) is 0 Å². The predicted octanol–water partition coefficient (Wildman–Crippen LogP) is 0.551. The molecule has 4 heteroatoms. The highest BCUT2D eigenvalue weighted by atomic mass is 16.5. The van der Waals surface area contributed by atoms with Gasteiger partial charge in [0.25, 0.3) is 0 Å². The zero-order chi connectivity index (χ0) is 10.9. The van der Waals surface area contributed by atoms with Crippen molar-refractivity contribution in [3.63, 3.8) is 0 Å². The fourth-order valence-corrected chi connectivity index (χ4v) is 2.47. The van der Waals surface area contributed by atoms with E-state index in [9.17, 15) is 4.79 Å². The Bertz CT molecular complexity index is 253. The average molecular weight is 212 g/mol. The second-order valence-electron chi connectivity index (χ2n) is 4.75. The van der Waals surface area contributed by atoms with Gasteiger partial charge in [0.05, 0.1) is 17.7 Å². The molecule has 2 unspecified atom stereocenters. The summed E-state index contributed by atoms with van der Waals surface area (Å²) in [7, 11) is 1.80. The number of ether oxygens (including phenoxy) is 1. The van der Waals surface area contributed by atoms with Gasteiger partial charge < -0.3 is 15.8 Å². The van der Waals surface area contributed by atoms with E-state index >= 15 is 0 Å². The summed E-state index contributed by atoms with van der Waals surface area (Å²) in [6.45, 7) is 0. The monoisotopic (exact) mass is 212 g/mol. The highest BCUT2D eigenvalue weighted by molar-refractivity contribution is 5.85. The number of carbonyl (C=O) groups is 1. The van der Waals surface area contributed by atoms with Crippen LogP contribution in [0.3, 0.4) is 0 Å². The Morgan fingerprint density at radius 3 is 2.53 bits per heavy atom. The minimum Gasteiger partial charge on any atom is -0.375 e. The molecule has 0 aromatic heterocycles. The maximum atomic E-state index is 11.4. The summed E-state index contributed by atoms with van der Waals surface area (Å²) in [6, 6.07) is 0. The Kier molecular flexibility index (Phi) is 2.98. The molecule has 2 fully saturated rings. The van der Waals surface area contributed by atoms with E-state index in [0.717, 1.165) is 19.3 Å². The standard InChI is InChI=1S/C11H20N2O2/c1-13-11(10(12)14)6-5-9(7-11)15-8-3-2-4-8/h8-9,13H,2-7H2,1H3,(H2,12,14). The third-order valence-corrected chi connectivity index (χ3v) is 3.86. The smallest absolute Gasteiger partial charge is 0.237 e. The number of hydrogen-bond donors (Lipinski definition) is 2. The Morgan fingerprint density at radius 1 is 1.40 bits per heavy atom. The Morgan fingerprint density at radius 2 is 2.13 bits per heavy atom. The molecule has 0 aliphatic heterocycles. The summed E-state index contributed by atoms with van der Waals surface area (Å²) in [6.07, 6.45) is 6.78. The van der Waals surface area contributed by atoms with Gasteiger partial charge in [-0.25, -0.2) is 0 Å². The highest BCUT2D eigenvalue weighted by Gasteiger charge is 2.44. The van der Waals surface area contributed by atoms with Crippen LogP contribution in [0.4, 0.5) is 0 Å². The van der Waals surface area contributed by atoms with Crippen LogP contribution in [0.5, 0.6) is 0 Å². The first-order valence-electron chi connectivity index (χ1n) is 5.80. The van der Waals surface area contributed by atoms with E-state index in [-0.39, 0.29) is 12.0 Å². The molecule has 0 spiro atoms. The van der Waals surface area contributed by atoms with Crippen LogP contribution in [0.2, 0.25) is 0 Å². The lowest BCUT2D eigenvalue weighted by molar-refractivity contribution is -0.125. The maximum absolute atomic E-state index is 11.4. The van der Waals surface area contributed by atoms with Crippen LogP contribution in [0.25, 0.3) is 0 Å². The van der Waals surface area contributed by atoms with Gasteiger partial charge in [-0.05, 0) is 39.2 Å². The van der Waals surface area contributed by atoms with E-state index in [1.165, 1.54) is 19.3 Å². The minimum absolute atomic E-state index is 0.218. The normalized spacial score (nSPS) is 36.5. The lowest BCUT2D eigenvalue weighted by Gasteiger charge is -2.30. The number of nitrogens with two attached hydrogens (primary N) is 1. The maximum Gasteiger partial charge on any atom is 0.237 e. The molecular formula is C11H20N2O2. The van der Waals surface area contributed by atoms with Gasteiger partial charge >= 0.3 is 0 Å². The molecule has 2 rings (SSSR count). The second-order valence-corrected chi connectivity index (χ2v) is 4.75. The van der Waals surface area contributed by atoms with Crippen molar-refractivity contribution in [2.75, 3.05) is 7.05 Å². The summed E-state index contributed by atoms with van der Waals surface area (Å²) < 4.78 is 5.91. The zero-order valence-corrected chi connectivity index (χ0v) is 9.29. The van der Waals surface area contributed by atoms with Crippen LogP contribution >= 0.6 is 0 Å². The third-order valence-electron chi connectivity index (χ3n) is 3.86. The summed E-state index contributed by atoms with van der Waals surface area (Å²) in [4.78, 5) is 11.4. The van der Waals surface area contributed by atoms with Crippen LogP contribution in [0.15, 0.2) is 0 Å². The van der Waals surface area contributed by atoms with Crippen LogP contribution < -0.4 is 11.1 Å². The van der Waals surface area contributed by atoms with Crippen LogP contribution in [0, 0.1) is 0 Å². The number of hydrogen-bond acceptors (Lipinski definition) is 3. The predicted molar refractivity (Wildman–Crippen MR) is 57.3 cm³/mol. The van der Waals surface area contributed by atoms with E-state index in [2.05, 4.69) is 5.32 Å². The summed E-state index contributed by atoms with van der Waals surface area (Å²) in [5.41, 5.74) is 4.91. The van der Waals surface area contributed by atoms with Gasteiger partial charge in [-0.1, -0.05) is 0 Å². The van der Waals surface area contributed by atoms with Crippen molar-refractivity contribution in [3.8, 4) is 0 Å². The van der Waals surface area contributed by atoms with Crippen LogP contribution in [0.1, 0.15) is 38.5 Å². The molecule has 0 radical (unpaired) electrons. The number of primary amides is 1. The third kappa shape index (κ3) is 2.01. The Hall–Kier alpha value is -0.610.